The number of anilines is 1. The Kier molecular flexibility index (Phi) is 4.01. The number of furan rings is 1. The molecule has 118 valence electrons. The van der Waals surface area contributed by atoms with Gasteiger partial charge in [-0.05, 0) is 30.3 Å². The molecule has 0 amide bonds. The summed E-state index contributed by atoms with van der Waals surface area (Å²) in [5, 5.41) is 4.25. The summed E-state index contributed by atoms with van der Waals surface area (Å²) in [5.41, 5.74) is 2.86. The SMILES string of the molecule is Brc1ccc2nc(NCc3ccco3)nc(-c3ccccc3)c2c1. The number of fused-ring (bicyclic) bond motifs is 1. The zero-order valence-corrected chi connectivity index (χ0v) is 14.3. The first-order valence-electron chi connectivity index (χ1n) is 7.58. The average Bonchev–Trinajstić information content (AvgIpc) is 3.14. The minimum absolute atomic E-state index is 0.545. The van der Waals surface area contributed by atoms with Gasteiger partial charge in [-0.3, -0.25) is 0 Å². The number of rotatable bonds is 4. The van der Waals surface area contributed by atoms with E-state index >= 15 is 0 Å². The monoisotopic (exact) mass is 379 g/mol. The van der Waals surface area contributed by atoms with E-state index in [9.17, 15) is 0 Å². The van der Waals surface area contributed by atoms with E-state index in [4.69, 9.17) is 9.40 Å². The third kappa shape index (κ3) is 3.03. The normalized spacial score (nSPS) is 10.9. The van der Waals surface area contributed by atoms with Crippen LogP contribution >= 0.6 is 15.9 Å². The zero-order chi connectivity index (χ0) is 16.4. The topological polar surface area (TPSA) is 51.0 Å². The van der Waals surface area contributed by atoms with Crippen molar-refractivity contribution in [3.63, 3.8) is 0 Å². The Labute approximate surface area is 147 Å². The van der Waals surface area contributed by atoms with Crippen molar-refractivity contribution in [2.75, 3.05) is 5.32 Å². The second-order valence-electron chi connectivity index (χ2n) is 5.36. The zero-order valence-electron chi connectivity index (χ0n) is 12.7. The summed E-state index contributed by atoms with van der Waals surface area (Å²) < 4.78 is 6.36. The molecule has 0 fully saturated rings. The van der Waals surface area contributed by atoms with Gasteiger partial charge >= 0.3 is 0 Å². The molecule has 4 nitrogen and oxygen atoms in total. The van der Waals surface area contributed by atoms with Gasteiger partial charge in [0, 0.05) is 15.4 Å². The number of benzene rings is 2. The van der Waals surface area contributed by atoms with Crippen LogP contribution in [0.2, 0.25) is 0 Å². The van der Waals surface area contributed by atoms with Gasteiger partial charge in [0.2, 0.25) is 5.95 Å². The van der Waals surface area contributed by atoms with Crippen molar-refractivity contribution in [2.24, 2.45) is 0 Å². The number of aromatic nitrogens is 2. The third-order valence-corrected chi connectivity index (χ3v) is 4.20. The van der Waals surface area contributed by atoms with Crippen molar-refractivity contribution in [1.29, 1.82) is 0 Å². The van der Waals surface area contributed by atoms with E-state index in [1.165, 1.54) is 0 Å². The van der Waals surface area contributed by atoms with Crippen LogP contribution in [0.5, 0.6) is 0 Å². The lowest BCUT2D eigenvalue weighted by molar-refractivity contribution is 0.517. The van der Waals surface area contributed by atoms with Crippen molar-refractivity contribution in [2.45, 2.75) is 6.54 Å². The van der Waals surface area contributed by atoms with Crippen molar-refractivity contribution >= 4 is 32.8 Å². The van der Waals surface area contributed by atoms with Crippen molar-refractivity contribution in [3.8, 4) is 11.3 Å². The lowest BCUT2D eigenvalue weighted by atomic mass is 10.1. The molecule has 0 aliphatic carbocycles. The van der Waals surface area contributed by atoms with Gasteiger partial charge < -0.3 is 9.73 Å². The van der Waals surface area contributed by atoms with Crippen molar-refractivity contribution in [3.05, 3.63) is 77.2 Å². The molecule has 0 aliphatic heterocycles. The first-order valence-corrected chi connectivity index (χ1v) is 8.38. The Bertz CT molecular complexity index is 969. The predicted molar refractivity (Wildman–Crippen MR) is 98.7 cm³/mol. The van der Waals surface area contributed by atoms with Gasteiger partial charge in [-0.1, -0.05) is 46.3 Å². The Morgan fingerprint density at radius 1 is 0.958 bits per heavy atom. The minimum atomic E-state index is 0.545. The van der Waals surface area contributed by atoms with Crippen LogP contribution in [0.1, 0.15) is 5.76 Å². The summed E-state index contributed by atoms with van der Waals surface area (Å²) in [6, 6.07) is 19.9. The second-order valence-corrected chi connectivity index (χ2v) is 6.27. The van der Waals surface area contributed by atoms with Crippen LogP contribution in [0.3, 0.4) is 0 Å². The maximum Gasteiger partial charge on any atom is 0.224 e. The van der Waals surface area contributed by atoms with Gasteiger partial charge in [0.1, 0.15) is 5.76 Å². The van der Waals surface area contributed by atoms with Crippen LogP contribution in [0.4, 0.5) is 5.95 Å². The molecule has 0 radical (unpaired) electrons. The standard InChI is InChI=1S/C19H14BrN3O/c20-14-8-9-17-16(11-14)18(13-5-2-1-3-6-13)23-19(22-17)21-12-15-7-4-10-24-15/h1-11H,12H2,(H,21,22,23). The molecule has 0 bridgehead atoms. The third-order valence-electron chi connectivity index (χ3n) is 3.71. The number of hydrogen-bond donors (Lipinski definition) is 1. The van der Waals surface area contributed by atoms with E-state index < -0.39 is 0 Å². The van der Waals surface area contributed by atoms with Gasteiger partial charge in [-0.15, -0.1) is 0 Å². The van der Waals surface area contributed by atoms with Crippen LogP contribution in [0, 0.1) is 0 Å². The smallest absolute Gasteiger partial charge is 0.224 e. The predicted octanol–water partition coefficient (Wildman–Crippen LogP) is 5.26. The fourth-order valence-electron chi connectivity index (χ4n) is 2.58. The lowest BCUT2D eigenvalue weighted by Gasteiger charge is -2.10. The van der Waals surface area contributed by atoms with Gasteiger partial charge in [0.05, 0.1) is 24.0 Å². The van der Waals surface area contributed by atoms with E-state index in [1.54, 1.807) is 6.26 Å². The van der Waals surface area contributed by atoms with Crippen LogP contribution < -0.4 is 5.32 Å². The summed E-state index contributed by atoms with van der Waals surface area (Å²) in [4.78, 5) is 9.34. The van der Waals surface area contributed by atoms with E-state index in [1.807, 2.05) is 48.5 Å². The van der Waals surface area contributed by atoms with Crippen LogP contribution in [0.15, 0.2) is 75.8 Å². The van der Waals surface area contributed by atoms with E-state index in [-0.39, 0.29) is 0 Å². The van der Waals surface area contributed by atoms with Crippen molar-refractivity contribution < 1.29 is 4.42 Å². The molecule has 0 saturated carbocycles. The molecule has 0 saturated heterocycles. The quantitative estimate of drug-likeness (QED) is 0.525. The van der Waals surface area contributed by atoms with Gasteiger partial charge in [0.15, 0.2) is 0 Å². The van der Waals surface area contributed by atoms with Crippen molar-refractivity contribution in [1.82, 2.24) is 9.97 Å². The molecular weight excluding hydrogens is 366 g/mol. The van der Waals surface area contributed by atoms with Crippen LogP contribution in [-0.2, 0) is 6.54 Å². The number of nitrogens with zero attached hydrogens (tertiary/aromatic N) is 2. The van der Waals surface area contributed by atoms with E-state index in [0.29, 0.717) is 12.5 Å². The molecule has 4 rings (SSSR count). The summed E-state index contributed by atoms with van der Waals surface area (Å²) in [5.74, 6) is 1.43. The first-order chi connectivity index (χ1) is 11.8. The highest BCUT2D eigenvalue weighted by Crippen LogP contribution is 2.29. The maximum atomic E-state index is 5.35. The summed E-state index contributed by atoms with van der Waals surface area (Å²) in [6.07, 6.45) is 1.66. The number of hydrogen-bond acceptors (Lipinski definition) is 4. The van der Waals surface area contributed by atoms with E-state index in [0.717, 1.165) is 32.4 Å². The molecule has 0 atom stereocenters. The van der Waals surface area contributed by atoms with Gasteiger partial charge in [0.25, 0.3) is 0 Å². The fraction of sp³-hybridized carbons (Fsp3) is 0.0526. The highest BCUT2D eigenvalue weighted by molar-refractivity contribution is 9.10. The molecular formula is C19H14BrN3O. The highest BCUT2D eigenvalue weighted by atomic mass is 79.9. The fourth-order valence-corrected chi connectivity index (χ4v) is 2.94. The lowest BCUT2D eigenvalue weighted by Crippen LogP contribution is -2.04. The Hall–Kier alpha value is -2.66. The molecule has 0 spiro atoms. The molecule has 24 heavy (non-hydrogen) atoms. The number of halogens is 1. The summed E-state index contributed by atoms with van der Waals surface area (Å²) in [7, 11) is 0. The first kappa shape index (κ1) is 14.9. The highest BCUT2D eigenvalue weighted by Gasteiger charge is 2.10. The second kappa shape index (κ2) is 6.45. The summed E-state index contributed by atoms with van der Waals surface area (Å²) >= 11 is 3.53. The molecule has 2 aromatic heterocycles. The molecule has 5 heteroatoms. The Morgan fingerprint density at radius 2 is 1.83 bits per heavy atom. The summed E-state index contributed by atoms with van der Waals surface area (Å²) in [6.45, 7) is 0.545. The Morgan fingerprint density at radius 3 is 2.62 bits per heavy atom. The van der Waals surface area contributed by atoms with Crippen LogP contribution in [-0.4, -0.2) is 9.97 Å². The molecule has 2 heterocycles. The van der Waals surface area contributed by atoms with E-state index in [2.05, 4.69) is 38.4 Å². The maximum absolute atomic E-state index is 5.35. The molecule has 1 N–H and O–H groups in total. The molecule has 4 aromatic rings. The molecule has 2 aromatic carbocycles. The average molecular weight is 380 g/mol. The molecule has 0 unspecified atom stereocenters. The number of nitrogens with one attached hydrogen (secondary N) is 1. The molecule has 0 aliphatic rings. The van der Waals surface area contributed by atoms with Gasteiger partial charge in [-0.25, -0.2) is 9.97 Å². The van der Waals surface area contributed by atoms with Gasteiger partial charge in [-0.2, -0.15) is 0 Å². The van der Waals surface area contributed by atoms with Crippen LogP contribution in [0.25, 0.3) is 22.2 Å². The Balaban J connectivity index is 1.80. The largest absolute Gasteiger partial charge is 0.467 e. The minimum Gasteiger partial charge on any atom is -0.467 e.